The Balaban J connectivity index is -0.000000125. The fourth-order valence-electron chi connectivity index (χ4n) is 0. The summed E-state index contributed by atoms with van der Waals surface area (Å²) >= 11 is 0. The van der Waals surface area contributed by atoms with E-state index in [1.807, 2.05) is 0 Å². The van der Waals surface area contributed by atoms with Crippen LogP contribution < -0.4 is 6.15 Å². The third kappa shape index (κ3) is 8.95. The molecule has 50 valence electrons. The summed E-state index contributed by atoms with van der Waals surface area (Å²) in [6.45, 7) is 0. The third-order valence-corrected chi connectivity index (χ3v) is 0.183. The molecule has 8 heavy (non-hydrogen) atoms. The van der Waals surface area contributed by atoms with Crippen molar-refractivity contribution in [1.29, 1.82) is 0 Å². The minimum Gasteiger partial charge on any atom is -0.473 e. The summed E-state index contributed by atoms with van der Waals surface area (Å²) in [5.41, 5.74) is 0. The van der Waals surface area contributed by atoms with Crippen molar-refractivity contribution in [3.05, 3.63) is 0 Å². The Kier molecular flexibility index (Phi) is 12.1. The van der Waals surface area contributed by atoms with Gasteiger partial charge < -0.3 is 16.4 Å². The summed E-state index contributed by atoms with van der Waals surface area (Å²) in [7, 11) is 0. The highest BCUT2D eigenvalue weighted by molar-refractivity contribution is 6.27. The van der Waals surface area contributed by atoms with Crippen LogP contribution >= 0.6 is 12.4 Å². The molecule has 0 aromatic carbocycles. The average Bonchev–Trinajstić information content (AvgIpc) is 1.36. The number of aliphatic carboxylic acids is 2. The molecule has 0 atom stereocenters. The van der Waals surface area contributed by atoms with Gasteiger partial charge >= 0.3 is 11.9 Å². The highest BCUT2D eigenvalue weighted by Crippen LogP contribution is 1.56. The molecule has 0 aliphatic heterocycles. The van der Waals surface area contributed by atoms with E-state index >= 15 is 0 Å². The predicted molar refractivity (Wildman–Crippen MR) is 27.5 cm³/mol. The molecule has 0 heterocycles. The number of hydrogen-bond acceptors (Lipinski definition) is 3. The third-order valence-electron chi connectivity index (χ3n) is 0.183. The number of rotatable bonds is 0. The molecular weight excluding hydrogens is 137 g/mol. The number of hydrogen-bond donors (Lipinski definition) is 3. The van der Waals surface area contributed by atoms with E-state index in [2.05, 4.69) is 0 Å². The Bertz CT molecular complexity index is 80.0. The Morgan fingerprint density at radius 2 is 1.12 bits per heavy atom. The molecule has 0 bridgehead atoms. The van der Waals surface area contributed by atoms with E-state index in [1.165, 1.54) is 0 Å². The number of carboxylic acid groups (broad SMARTS) is 2. The first kappa shape index (κ1) is 15.7. The highest BCUT2D eigenvalue weighted by atomic mass is 35.5. The van der Waals surface area contributed by atoms with E-state index in [4.69, 9.17) is 19.8 Å². The molecule has 0 radical (unpaired) electrons. The van der Waals surface area contributed by atoms with Crippen molar-refractivity contribution in [2.24, 2.45) is 0 Å². The highest BCUT2D eigenvalue weighted by Gasteiger charge is 2.04. The van der Waals surface area contributed by atoms with Crippen LogP contribution in [-0.2, 0) is 9.59 Å². The Morgan fingerprint density at radius 1 is 1.00 bits per heavy atom. The van der Waals surface area contributed by atoms with Crippen LogP contribution in [0.25, 0.3) is 0 Å². The van der Waals surface area contributed by atoms with Crippen LogP contribution in [0.4, 0.5) is 0 Å². The summed E-state index contributed by atoms with van der Waals surface area (Å²) < 4.78 is 0. The maximum atomic E-state index is 9.10. The van der Waals surface area contributed by atoms with Crippen molar-refractivity contribution in [3.8, 4) is 0 Å². The van der Waals surface area contributed by atoms with Crippen LogP contribution in [0.5, 0.6) is 0 Å². The molecule has 0 aromatic rings. The first-order valence-corrected chi connectivity index (χ1v) is 1.11. The molecule has 0 aliphatic rings. The van der Waals surface area contributed by atoms with Gasteiger partial charge in [-0.1, -0.05) is 0 Å². The molecule has 5 N–H and O–H groups in total. The summed E-state index contributed by atoms with van der Waals surface area (Å²) in [4.78, 5) is 18.2. The van der Waals surface area contributed by atoms with Crippen LogP contribution in [0.3, 0.4) is 0 Å². The standard InChI is InChI=1S/C2H2O4.ClH.H3N/c3-1(4)2(5)6;;/h(H,3,4)(H,5,6);1H;1H3. The van der Waals surface area contributed by atoms with Gasteiger partial charge in [-0.2, -0.15) is 0 Å². The summed E-state index contributed by atoms with van der Waals surface area (Å²) in [5.74, 6) is -3.65. The first-order chi connectivity index (χ1) is 2.64. The van der Waals surface area contributed by atoms with E-state index in [9.17, 15) is 0 Å². The van der Waals surface area contributed by atoms with Crippen molar-refractivity contribution in [2.75, 3.05) is 0 Å². The van der Waals surface area contributed by atoms with Gasteiger partial charge in [0.05, 0.1) is 0 Å². The maximum Gasteiger partial charge on any atom is 0.414 e. The summed E-state index contributed by atoms with van der Waals surface area (Å²) in [6.07, 6.45) is 0. The minimum absolute atomic E-state index is 0. The topological polar surface area (TPSA) is 110 Å². The zero-order valence-corrected chi connectivity index (χ0v) is 4.64. The lowest BCUT2D eigenvalue weighted by molar-refractivity contribution is -0.159. The molecule has 0 spiro atoms. The van der Waals surface area contributed by atoms with Crippen molar-refractivity contribution in [2.45, 2.75) is 0 Å². The number of carboxylic acids is 2. The van der Waals surface area contributed by atoms with Gasteiger partial charge in [-0.15, -0.1) is 12.4 Å². The molecule has 6 heteroatoms. The SMILES string of the molecule is Cl.N.O=C(O)C(=O)O. The van der Waals surface area contributed by atoms with Crippen molar-refractivity contribution in [3.63, 3.8) is 0 Å². The van der Waals surface area contributed by atoms with Crippen molar-refractivity contribution < 1.29 is 19.8 Å². The molecule has 0 unspecified atom stereocenters. The van der Waals surface area contributed by atoms with Gasteiger partial charge in [0.2, 0.25) is 0 Å². The van der Waals surface area contributed by atoms with Crippen LogP contribution in [0.15, 0.2) is 0 Å². The van der Waals surface area contributed by atoms with Gasteiger partial charge in [0, 0.05) is 0 Å². The lowest BCUT2D eigenvalue weighted by Crippen LogP contribution is -2.09. The quantitative estimate of drug-likeness (QED) is 0.405. The smallest absolute Gasteiger partial charge is 0.414 e. The van der Waals surface area contributed by atoms with Crippen LogP contribution in [0.2, 0.25) is 0 Å². The zero-order valence-electron chi connectivity index (χ0n) is 3.83. The second-order valence-electron chi connectivity index (χ2n) is 0.610. The van der Waals surface area contributed by atoms with Crippen LogP contribution in [0.1, 0.15) is 0 Å². The van der Waals surface area contributed by atoms with Crippen LogP contribution in [0, 0.1) is 0 Å². The minimum atomic E-state index is -1.82. The molecular formula is C2H6ClNO4. The maximum absolute atomic E-state index is 9.10. The fourth-order valence-corrected chi connectivity index (χ4v) is 0. The van der Waals surface area contributed by atoms with E-state index < -0.39 is 11.9 Å². The van der Waals surface area contributed by atoms with Crippen molar-refractivity contribution >= 4 is 24.3 Å². The van der Waals surface area contributed by atoms with Gasteiger partial charge in [-0.05, 0) is 0 Å². The van der Waals surface area contributed by atoms with Gasteiger partial charge in [0.1, 0.15) is 0 Å². The average molecular weight is 144 g/mol. The van der Waals surface area contributed by atoms with E-state index in [0.29, 0.717) is 0 Å². The largest absolute Gasteiger partial charge is 0.473 e. The van der Waals surface area contributed by atoms with Gasteiger partial charge in [-0.3, -0.25) is 0 Å². The zero-order chi connectivity index (χ0) is 5.15. The van der Waals surface area contributed by atoms with Crippen molar-refractivity contribution in [1.82, 2.24) is 6.15 Å². The Labute approximate surface area is 51.3 Å². The Hall–Kier alpha value is -0.810. The molecule has 0 fully saturated rings. The van der Waals surface area contributed by atoms with Gasteiger partial charge in [-0.25, -0.2) is 9.59 Å². The van der Waals surface area contributed by atoms with E-state index in [1.54, 1.807) is 0 Å². The second kappa shape index (κ2) is 6.19. The first-order valence-electron chi connectivity index (χ1n) is 1.11. The molecule has 0 aromatic heterocycles. The van der Waals surface area contributed by atoms with Gasteiger partial charge in [0.25, 0.3) is 0 Å². The number of halogens is 1. The molecule has 0 rings (SSSR count). The molecule has 0 saturated heterocycles. The fraction of sp³-hybridized carbons (Fsp3) is 0. The number of carbonyl (C=O) groups is 2. The predicted octanol–water partition coefficient (Wildman–Crippen LogP) is -0.261. The molecule has 5 nitrogen and oxygen atoms in total. The molecule has 0 amide bonds. The molecule has 0 aliphatic carbocycles. The monoisotopic (exact) mass is 143 g/mol. The summed E-state index contributed by atoms with van der Waals surface area (Å²) in [5, 5.41) is 14.8. The van der Waals surface area contributed by atoms with Crippen LogP contribution in [-0.4, -0.2) is 22.2 Å². The second-order valence-corrected chi connectivity index (χ2v) is 0.610. The van der Waals surface area contributed by atoms with E-state index in [0.717, 1.165) is 0 Å². The lowest BCUT2D eigenvalue weighted by Gasteiger charge is -1.72. The Morgan fingerprint density at radius 3 is 1.12 bits per heavy atom. The van der Waals surface area contributed by atoms with E-state index in [-0.39, 0.29) is 18.6 Å². The lowest BCUT2D eigenvalue weighted by atomic mass is 10.7. The summed E-state index contributed by atoms with van der Waals surface area (Å²) in [6, 6.07) is 0. The normalized spacial score (nSPS) is 5.50. The van der Waals surface area contributed by atoms with Gasteiger partial charge in [0.15, 0.2) is 0 Å². The molecule has 0 saturated carbocycles.